The molecule has 1 N–H and O–H groups in total. The van der Waals surface area contributed by atoms with Gasteiger partial charge in [0.15, 0.2) is 0 Å². The molecule has 0 spiro atoms. The Kier molecular flexibility index (Phi) is 4.19. The third kappa shape index (κ3) is 4.11. The number of amides is 1. The molecule has 0 aliphatic heterocycles. The van der Waals surface area contributed by atoms with Crippen LogP contribution in [-0.4, -0.2) is 18.6 Å². The number of ether oxygens (including phenoxy) is 1. The molecule has 3 nitrogen and oxygen atoms in total. The van der Waals surface area contributed by atoms with Gasteiger partial charge in [0.05, 0.1) is 6.42 Å². The van der Waals surface area contributed by atoms with Gasteiger partial charge in [-0.3, -0.25) is 4.79 Å². The molecule has 0 aliphatic rings. The zero-order valence-corrected chi connectivity index (χ0v) is 10.5. The van der Waals surface area contributed by atoms with E-state index < -0.39 is 5.60 Å². The zero-order valence-electron chi connectivity index (χ0n) is 9.71. The standard InChI is InChI=1S/C12H16ClNO2/c1-12(2,8-11(15)14-3)16-10-6-4-9(13)5-7-10/h4-7H,8H2,1-3H3,(H,14,15). The maximum Gasteiger partial charge on any atom is 0.223 e. The monoisotopic (exact) mass is 241 g/mol. The summed E-state index contributed by atoms with van der Waals surface area (Å²) in [7, 11) is 1.61. The van der Waals surface area contributed by atoms with Crippen LogP contribution in [0.15, 0.2) is 24.3 Å². The highest BCUT2D eigenvalue weighted by molar-refractivity contribution is 6.30. The maximum atomic E-state index is 11.3. The van der Waals surface area contributed by atoms with Crippen molar-refractivity contribution in [3.8, 4) is 5.75 Å². The van der Waals surface area contributed by atoms with Crippen LogP contribution >= 0.6 is 11.6 Å². The number of hydrogen-bond donors (Lipinski definition) is 1. The first-order valence-corrected chi connectivity index (χ1v) is 5.46. The molecule has 0 atom stereocenters. The predicted octanol–water partition coefficient (Wildman–Crippen LogP) is 2.63. The molecule has 0 unspecified atom stereocenters. The van der Waals surface area contributed by atoms with E-state index in [9.17, 15) is 4.79 Å². The molecule has 0 bridgehead atoms. The molecule has 1 rings (SSSR count). The normalized spacial score (nSPS) is 11.0. The quantitative estimate of drug-likeness (QED) is 0.880. The highest BCUT2D eigenvalue weighted by atomic mass is 35.5. The lowest BCUT2D eigenvalue weighted by molar-refractivity contribution is -0.123. The SMILES string of the molecule is CNC(=O)CC(C)(C)Oc1ccc(Cl)cc1. The van der Waals surface area contributed by atoms with E-state index in [0.29, 0.717) is 17.2 Å². The van der Waals surface area contributed by atoms with E-state index in [0.717, 1.165) is 0 Å². The number of benzene rings is 1. The molecule has 0 aliphatic carbocycles. The third-order valence-electron chi connectivity index (χ3n) is 2.07. The summed E-state index contributed by atoms with van der Waals surface area (Å²) in [5, 5.41) is 3.24. The van der Waals surface area contributed by atoms with Gasteiger partial charge in [-0.1, -0.05) is 11.6 Å². The van der Waals surface area contributed by atoms with Crippen LogP contribution in [-0.2, 0) is 4.79 Å². The Morgan fingerprint density at radius 2 is 1.94 bits per heavy atom. The minimum atomic E-state index is -0.534. The lowest BCUT2D eigenvalue weighted by Gasteiger charge is -2.25. The van der Waals surface area contributed by atoms with Crippen LogP contribution in [0.3, 0.4) is 0 Å². The van der Waals surface area contributed by atoms with Crippen molar-refractivity contribution in [3.63, 3.8) is 0 Å². The Balaban J connectivity index is 2.64. The van der Waals surface area contributed by atoms with Crippen molar-refractivity contribution >= 4 is 17.5 Å². The fraction of sp³-hybridized carbons (Fsp3) is 0.417. The number of rotatable bonds is 4. The first kappa shape index (κ1) is 12.8. The number of nitrogens with one attached hydrogen (secondary N) is 1. The van der Waals surface area contributed by atoms with Crippen molar-refractivity contribution in [3.05, 3.63) is 29.3 Å². The largest absolute Gasteiger partial charge is 0.487 e. The van der Waals surface area contributed by atoms with E-state index in [4.69, 9.17) is 16.3 Å². The number of carbonyl (C=O) groups is 1. The summed E-state index contributed by atoms with van der Waals surface area (Å²) in [5.74, 6) is 0.664. The molecular formula is C12H16ClNO2. The Bertz CT molecular complexity index is 360. The first-order valence-electron chi connectivity index (χ1n) is 5.08. The van der Waals surface area contributed by atoms with Gasteiger partial charge in [0, 0.05) is 12.1 Å². The summed E-state index contributed by atoms with van der Waals surface area (Å²) in [4.78, 5) is 11.3. The molecule has 1 aromatic carbocycles. The summed E-state index contributed by atoms with van der Waals surface area (Å²) in [6.45, 7) is 3.74. The van der Waals surface area contributed by atoms with E-state index in [1.165, 1.54) is 0 Å². The van der Waals surface area contributed by atoms with Crippen molar-refractivity contribution in [1.29, 1.82) is 0 Å². The zero-order chi connectivity index (χ0) is 12.2. The summed E-state index contributed by atoms with van der Waals surface area (Å²) in [5.41, 5.74) is -0.534. The Hall–Kier alpha value is -1.22. The second-order valence-corrected chi connectivity index (χ2v) is 4.60. The molecule has 0 saturated carbocycles. The van der Waals surface area contributed by atoms with Crippen molar-refractivity contribution in [2.75, 3.05) is 7.05 Å². The van der Waals surface area contributed by atoms with Crippen molar-refractivity contribution in [1.82, 2.24) is 5.32 Å². The van der Waals surface area contributed by atoms with Crippen molar-refractivity contribution in [2.24, 2.45) is 0 Å². The van der Waals surface area contributed by atoms with Crippen LogP contribution in [0, 0.1) is 0 Å². The molecule has 0 saturated heterocycles. The van der Waals surface area contributed by atoms with Crippen LogP contribution in [0.4, 0.5) is 0 Å². The lowest BCUT2D eigenvalue weighted by Crippen LogP contribution is -2.35. The molecule has 88 valence electrons. The van der Waals surface area contributed by atoms with Gasteiger partial charge in [-0.05, 0) is 38.1 Å². The van der Waals surface area contributed by atoms with E-state index in [1.807, 2.05) is 13.8 Å². The Morgan fingerprint density at radius 3 is 2.44 bits per heavy atom. The molecule has 4 heteroatoms. The van der Waals surface area contributed by atoms with Crippen LogP contribution in [0.2, 0.25) is 5.02 Å². The predicted molar refractivity (Wildman–Crippen MR) is 64.8 cm³/mol. The van der Waals surface area contributed by atoms with Crippen LogP contribution in [0.1, 0.15) is 20.3 Å². The summed E-state index contributed by atoms with van der Waals surface area (Å²) in [6, 6.07) is 7.08. The summed E-state index contributed by atoms with van der Waals surface area (Å²) < 4.78 is 5.71. The minimum Gasteiger partial charge on any atom is -0.487 e. The van der Waals surface area contributed by atoms with Crippen molar-refractivity contribution < 1.29 is 9.53 Å². The molecule has 0 heterocycles. The van der Waals surface area contributed by atoms with Crippen LogP contribution < -0.4 is 10.1 Å². The lowest BCUT2D eigenvalue weighted by atomic mass is 10.0. The minimum absolute atomic E-state index is 0.0426. The van der Waals surface area contributed by atoms with Gasteiger partial charge in [0.2, 0.25) is 5.91 Å². The van der Waals surface area contributed by atoms with E-state index >= 15 is 0 Å². The number of carbonyl (C=O) groups excluding carboxylic acids is 1. The second kappa shape index (κ2) is 5.21. The molecule has 16 heavy (non-hydrogen) atoms. The third-order valence-corrected chi connectivity index (χ3v) is 2.32. The Labute approximate surface area is 101 Å². The van der Waals surface area contributed by atoms with E-state index in [1.54, 1.807) is 31.3 Å². The molecule has 1 amide bonds. The smallest absolute Gasteiger partial charge is 0.223 e. The molecule has 0 fully saturated rings. The Morgan fingerprint density at radius 1 is 1.38 bits per heavy atom. The van der Waals surface area contributed by atoms with Crippen LogP contribution in [0.5, 0.6) is 5.75 Å². The van der Waals surface area contributed by atoms with E-state index in [2.05, 4.69) is 5.32 Å². The molecular weight excluding hydrogens is 226 g/mol. The fourth-order valence-corrected chi connectivity index (χ4v) is 1.46. The molecule has 1 aromatic rings. The topological polar surface area (TPSA) is 38.3 Å². The second-order valence-electron chi connectivity index (χ2n) is 4.17. The van der Waals surface area contributed by atoms with Gasteiger partial charge in [0.1, 0.15) is 11.4 Å². The van der Waals surface area contributed by atoms with Crippen molar-refractivity contribution in [2.45, 2.75) is 25.9 Å². The van der Waals surface area contributed by atoms with E-state index in [-0.39, 0.29) is 5.91 Å². The van der Waals surface area contributed by atoms with Gasteiger partial charge in [-0.15, -0.1) is 0 Å². The average molecular weight is 242 g/mol. The number of halogens is 1. The van der Waals surface area contributed by atoms with Gasteiger partial charge < -0.3 is 10.1 Å². The highest BCUT2D eigenvalue weighted by Gasteiger charge is 2.23. The number of hydrogen-bond acceptors (Lipinski definition) is 2. The van der Waals surface area contributed by atoms with Gasteiger partial charge in [0.25, 0.3) is 0 Å². The summed E-state index contributed by atoms with van der Waals surface area (Å²) >= 11 is 5.77. The average Bonchev–Trinajstić information content (AvgIpc) is 2.20. The fourth-order valence-electron chi connectivity index (χ4n) is 1.33. The summed E-state index contributed by atoms with van der Waals surface area (Å²) in [6.07, 6.45) is 0.312. The van der Waals surface area contributed by atoms with Crippen LogP contribution in [0.25, 0.3) is 0 Å². The van der Waals surface area contributed by atoms with Gasteiger partial charge >= 0.3 is 0 Å². The maximum absolute atomic E-state index is 11.3. The van der Waals surface area contributed by atoms with Gasteiger partial charge in [-0.2, -0.15) is 0 Å². The molecule has 0 radical (unpaired) electrons. The first-order chi connectivity index (χ1) is 7.43. The molecule has 0 aromatic heterocycles. The van der Waals surface area contributed by atoms with Gasteiger partial charge in [-0.25, -0.2) is 0 Å². The highest BCUT2D eigenvalue weighted by Crippen LogP contribution is 2.22.